The number of hydrogen-bond donors (Lipinski definition) is 1. The highest BCUT2D eigenvalue weighted by atomic mass is 16.6. The van der Waals surface area contributed by atoms with Crippen molar-refractivity contribution in [2.45, 2.75) is 39.2 Å². The van der Waals surface area contributed by atoms with Gasteiger partial charge < -0.3 is 10.5 Å². The van der Waals surface area contributed by atoms with Crippen molar-refractivity contribution in [3.8, 4) is 0 Å². The van der Waals surface area contributed by atoms with Crippen LogP contribution in [-0.2, 0) is 4.74 Å². The molecule has 2 rings (SSSR count). The van der Waals surface area contributed by atoms with Gasteiger partial charge in [0.25, 0.3) is 0 Å². The van der Waals surface area contributed by atoms with Crippen molar-refractivity contribution >= 4 is 17.6 Å². The highest BCUT2D eigenvalue weighted by Gasteiger charge is 2.23. The molecule has 6 heteroatoms. The third-order valence-corrected chi connectivity index (χ3v) is 2.83. The number of allylic oxidation sites excluding steroid dienone is 1. The fraction of sp³-hybridized carbons (Fsp3) is 0.500. The molecule has 0 saturated heterocycles. The average molecular weight is 276 g/mol. The van der Waals surface area contributed by atoms with Gasteiger partial charge in [-0.15, -0.1) is 0 Å². The molecular formula is C14H20N4O2. The molecule has 6 nitrogen and oxygen atoms in total. The van der Waals surface area contributed by atoms with Gasteiger partial charge in [0, 0.05) is 30.7 Å². The number of aromatic nitrogens is 2. The summed E-state index contributed by atoms with van der Waals surface area (Å²) in [5.74, 6) is 0.245. The number of hydrogen-bond acceptors (Lipinski definition) is 5. The topological polar surface area (TPSA) is 81.3 Å². The SMILES string of the molecule is CC(C)(C)OC(=O)N1C=C(c2cnc(N)nc2)CCC1. The van der Waals surface area contributed by atoms with Gasteiger partial charge in [-0.1, -0.05) is 0 Å². The standard InChI is InChI=1S/C14H20N4O2/c1-14(2,3)20-13(19)18-6-4-5-10(9-18)11-7-16-12(15)17-8-11/h7-9H,4-6H2,1-3H3,(H2,15,16,17). The smallest absolute Gasteiger partial charge is 0.414 e. The van der Waals surface area contributed by atoms with Crippen molar-refractivity contribution in [3.05, 3.63) is 24.2 Å². The highest BCUT2D eigenvalue weighted by Crippen LogP contribution is 2.25. The number of nitrogens with zero attached hydrogens (tertiary/aromatic N) is 3. The van der Waals surface area contributed by atoms with Crippen LogP contribution in [-0.4, -0.2) is 33.1 Å². The fourth-order valence-corrected chi connectivity index (χ4v) is 1.94. The summed E-state index contributed by atoms with van der Waals surface area (Å²) in [5, 5.41) is 0. The minimum Gasteiger partial charge on any atom is -0.443 e. The van der Waals surface area contributed by atoms with E-state index in [1.165, 1.54) is 0 Å². The summed E-state index contributed by atoms with van der Waals surface area (Å²) in [4.78, 5) is 21.6. The predicted octanol–water partition coefficient (Wildman–Crippen LogP) is 2.43. The minimum absolute atomic E-state index is 0.245. The van der Waals surface area contributed by atoms with Crippen molar-refractivity contribution in [2.24, 2.45) is 0 Å². The molecule has 0 spiro atoms. The molecule has 0 bridgehead atoms. The lowest BCUT2D eigenvalue weighted by atomic mass is 10.0. The lowest BCUT2D eigenvalue weighted by Gasteiger charge is -2.28. The van der Waals surface area contributed by atoms with E-state index in [9.17, 15) is 4.79 Å². The minimum atomic E-state index is -0.493. The Morgan fingerprint density at radius 2 is 2.00 bits per heavy atom. The Morgan fingerprint density at radius 3 is 2.60 bits per heavy atom. The van der Waals surface area contributed by atoms with E-state index in [0.29, 0.717) is 6.54 Å². The highest BCUT2D eigenvalue weighted by molar-refractivity contribution is 5.74. The van der Waals surface area contributed by atoms with Crippen LogP contribution in [0.3, 0.4) is 0 Å². The second-order valence-corrected chi connectivity index (χ2v) is 5.76. The van der Waals surface area contributed by atoms with Gasteiger partial charge in [-0.3, -0.25) is 4.90 Å². The van der Waals surface area contributed by atoms with Crippen LogP contribution in [0.1, 0.15) is 39.2 Å². The number of nitrogen functional groups attached to an aromatic ring is 1. The summed E-state index contributed by atoms with van der Waals surface area (Å²) in [5.41, 5.74) is 6.88. The Morgan fingerprint density at radius 1 is 1.35 bits per heavy atom. The van der Waals surface area contributed by atoms with Gasteiger partial charge in [-0.05, 0) is 39.2 Å². The second kappa shape index (κ2) is 5.48. The van der Waals surface area contributed by atoms with E-state index in [2.05, 4.69) is 9.97 Å². The van der Waals surface area contributed by atoms with Gasteiger partial charge in [0.2, 0.25) is 5.95 Å². The summed E-state index contributed by atoms with van der Waals surface area (Å²) < 4.78 is 5.37. The van der Waals surface area contributed by atoms with Crippen molar-refractivity contribution in [2.75, 3.05) is 12.3 Å². The fourth-order valence-electron chi connectivity index (χ4n) is 1.94. The summed E-state index contributed by atoms with van der Waals surface area (Å²) in [7, 11) is 0. The normalized spacial score (nSPS) is 15.8. The molecule has 0 unspecified atom stereocenters. The number of carbonyl (C=O) groups is 1. The first-order chi connectivity index (χ1) is 9.35. The molecule has 2 N–H and O–H groups in total. The van der Waals surface area contributed by atoms with Crippen LogP contribution in [0.25, 0.3) is 5.57 Å². The molecule has 1 aliphatic heterocycles. The monoisotopic (exact) mass is 276 g/mol. The van der Waals surface area contributed by atoms with Crippen LogP contribution in [0, 0.1) is 0 Å². The van der Waals surface area contributed by atoms with E-state index in [1.54, 1.807) is 17.3 Å². The van der Waals surface area contributed by atoms with Crippen molar-refractivity contribution in [1.29, 1.82) is 0 Å². The molecule has 2 heterocycles. The summed E-state index contributed by atoms with van der Waals surface area (Å²) in [6.07, 6.45) is 6.60. The molecule has 1 aliphatic rings. The van der Waals surface area contributed by atoms with Gasteiger partial charge in [0.15, 0.2) is 0 Å². The number of amides is 1. The third kappa shape index (κ3) is 3.69. The molecule has 0 aliphatic carbocycles. The molecule has 0 fully saturated rings. The van der Waals surface area contributed by atoms with Crippen molar-refractivity contribution < 1.29 is 9.53 Å². The van der Waals surface area contributed by atoms with Crippen LogP contribution in [0.4, 0.5) is 10.7 Å². The van der Waals surface area contributed by atoms with Crippen LogP contribution in [0.5, 0.6) is 0 Å². The number of anilines is 1. The Bertz CT molecular complexity index is 517. The summed E-state index contributed by atoms with van der Waals surface area (Å²) in [6, 6.07) is 0. The molecule has 0 radical (unpaired) electrons. The molecule has 108 valence electrons. The lowest BCUT2D eigenvalue weighted by Crippen LogP contribution is -2.35. The average Bonchev–Trinajstić information content (AvgIpc) is 2.38. The number of rotatable bonds is 1. The largest absolute Gasteiger partial charge is 0.443 e. The van der Waals surface area contributed by atoms with E-state index in [4.69, 9.17) is 10.5 Å². The Labute approximate surface area is 118 Å². The zero-order chi connectivity index (χ0) is 14.8. The van der Waals surface area contributed by atoms with E-state index in [0.717, 1.165) is 24.0 Å². The first-order valence-electron chi connectivity index (χ1n) is 6.63. The third-order valence-electron chi connectivity index (χ3n) is 2.83. The molecular weight excluding hydrogens is 256 g/mol. The zero-order valence-electron chi connectivity index (χ0n) is 12.1. The molecule has 1 aromatic rings. The first kappa shape index (κ1) is 14.3. The quantitative estimate of drug-likeness (QED) is 0.852. The van der Waals surface area contributed by atoms with E-state index in [-0.39, 0.29) is 12.0 Å². The second-order valence-electron chi connectivity index (χ2n) is 5.76. The number of nitrogens with two attached hydrogens (primary N) is 1. The molecule has 0 atom stereocenters. The summed E-state index contributed by atoms with van der Waals surface area (Å²) in [6.45, 7) is 6.22. The Hall–Kier alpha value is -2.11. The summed E-state index contributed by atoms with van der Waals surface area (Å²) >= 11 is 0. The molecule has 0 aromatic carbocycles. The molecule has 0 saturated carbocycles. The van der Waals surface area contributed by atoms with E-state index < -0.39 is 5.60 Å². The molecule has 1 amide bonds. The maximum atomic E-state index is 12.1. The van der Waals surface area contributed by atoms with Crippen LogP contribution < -0.4 is 5.73 Å². The number of ether oxygens (including phenoxy) is 1. The lowest BCUT2D eigenvalue weighted by molar-refractivity contribution is 0.0329. The predicted molar refractivity (Wildman–Crippen MR) is 76.6 cm³/mol. The van der Waals surface area contributed by atoms with Crippen LogP contribution in [0.2, 0.25) is 0 Å². The van der Waals surface area contributed by atoms with Gasteiger partial charge in [-0.2, -0.15) is 0 Å². The van der Waals surface area contributed by atoms with Gasteiger partial charge >= 0.3 is 6.09 Å². The molecule has 20 heavy (non-hydrogen) atoms. The number of carbonyl (C=O) groups excluding carboxylic acids is 1. The maximum absolute atomic E-state index is 12.1. The van der Waals surface area contributed by atoms with Crippen molar-refractivity contribution in [1.82, 2.24) is 14.9 Å². The van der Waals surface area contributed by atoms with Gasteiger partial charge in [0.1, 0.15) is 5.60 Å². The van der Waals surface area contributed by atoms with Gasteiger partial charge in [0.05, 0.1) is 0 Å². The van der Waals surface area contributed by atoms with Crippen LogP contribution in [0.15, 0.2) is 18.6 Å². The van der Waals surface area contributed by atoms with E-state index in [1.807, 2.05) is 27.0 Å². The van der Waals surface area contributed by atoms with Gasteiger partial charge in [-0.25, -0.2) is 14.8 Å². The maximum Gasteiger partial charge on any atom is 0.414 e. The Kier molecular flexibility index (Phi) is 3.92. The first-order valence-corrected chi connectivity index (χ1v) is 6.63. The van der Waals surface area contributed by atoms with Crippen molar-refractivity contribution in [3.63, 3.8) is 0 Å². The Balaban J connectivity index is 2.15. The zero-order valence-corrected chi connectivity index (χ0v) is 12.1. The van der Waals surface area contributed by atoms with E-state index >= 15 is 0 Å². The molecule has 1 aromatic heterocycles. The van der Waals surface area contributed by atoms with Crippen LogP contribution >= 0.6 is 0 Å².